The van der Waals surface area contributed by atoms with E-state index in [1.807, 2.05) is 27.2 Å². The Hall–Kier alpha value is -3.49. The van der Waals surface area contributed by atoms with Crippen LogP contribution in [0.1, 0.15) is 136 Å². The van der Waals surface area contributed by atoms with Crippen LogP contribution in [0.2, 0.25) is 0 Å². The molecule has 0 aliphatic rings. The lowest BCUT2D eigenvalue weighted by Crippen LogP contribution is -2.50. The number of carbonyl (C=O) groups is 3. The lowest BCUT2D eigenvalue weighted by atomic mass is 10.1. The van der Waals surface area contributed by atoms with Crippen LogP contribution in [-0.2, 0) is 28.6 Å². The summed E-state index contributed by atoms with van der Waals surface area (Å²) in [6.07, 6.45) is 46.6. The average Bonchev–Trinajstić information content (AvgIpc) is 3.12. The van der Waals surface area contributed by atoms with E-state index in [1.165, 1.54) is 19.3 Å². The molecule has 0 aromatic carbocycles. The van der Waals surface area contributed by atoms with Gasteiger partial charge in [-0.05, 0) is 77.0 Å². The molecule has 0 saturated heterocycles. The SMILES string of the molecule is CC/C=C/C/C=C/C/C=C/C/C=C/C/C=C/C/C=C/CCCCCC(=O)OCC(COCCC(C(=O)O)[N+](C)(C)C)OC(=O)CC/C=C/CCCCCC. The van der Waals surface area contributed by atoms with E-state index in [-0.39, 0.29) is 42.7 Å². The maximum atomic E-state index is 12.6. The summed E-state index contributed by atoms with van der Waals surface area (Å²) in [4.78, 5) is 36.7. The number of carboxylic acids is 1. The minimum atomic E-state index is -0.890. The molecule has 0 fully saturated rings. The summed E-state index contributed by atoms with van der Waals surface area (Å²) in [6, 6.07) is -0.628. The van der Waals surface area contributed by atoms with Gasteiger partial charge in [-0.25, -0.2) is 4.79 Å². The summed E-state index contributed by atoms with van der Waals surface area (Å²) in [5.41, 5.74) is 0. The largest absolute Gasteiger partial charge is 0.477 e. The molecule has 0 spiro atoms. The van der Waals surface area contributed by atoms with Gasteiger partial charge in [0, 0.05) is 19.3 Å². The van der Waals surface area contributed by atoms with Gasteiger partial charge in [-0.3, -0.25) is 9.59 Å². The van der Waals surface area contributed by atoms with Gasteiger partial charge in [0.15, 0.2) is 12.1 Å². The van der Waals surface area contributed by atoms with Gasteiger partial charge in [0.05, 0.1) is 34.4 Å². The Bertz CT molecular complexity index is 1160. The van der Waals surface area contributed by atoms with Gasteiger partial charge in [-0.1, -0.05) is 125 Å². The molecule has 8 nitrogen and oxygen atoms in total. The number of likely N-dealkylation sites (N-methyl/N-ethyl adjacent to an activating group) is 1. The third-order valence-corrected chi connectivity index (χ3v) is 8.54. The summed E-state index contributed by atoms with van der Waals surface area (Å²) in [6.45, 7) is 4.47. The fourth-order valence-electron chi connectivity index (χ4n) is 5.34. The lowest BCUT2D eigenvalue weighted by molar-refractivity contribution is -0.887. The molecule has 0 aliphatic heterocycles. The highest BCUT2D eigenvalue weighted by Crippen LogP contribution is 2.11. The molecule has 0 aromatic heterocycles. The molecular formula is C46H76NO7+. The number of esters is 2. The highest BCUT2D eigenvalue weighted by molar-refractivity contribution is 5.72. The van der Waals surface area contributed by atoms with Gasteiger partial charge in [-0.15, -0.1) is 0 Å². The molecule has 0 rings (SSSR count). The van der Waals surface area contributed by atoms with E-state index in [0.717, 1.165) is 77.0 Å². The third-order valence-electron chi connectivity index (χ3n) is 8.54. The molecule has 54 heavy (non-hydrogen) atoms. The minimum absolute atomic E-state index is 0.0295. The first-order valence-corrected chi connectivity index (χ1v) is 20.6. The molecule has 1 N–H and O–H groups in total. The standard InChI is InChI=1S/C46H75NO7/c1-6-8-10-12-14-16-17-18-19-20-21-22-23-24-25-26-27-28-29-31-32-34-36-44(48)53-41-42(40-52-39-38-43(46(50)51)47(3,4)5)54-45(49)37-35-33-30-15-13-11-9-7-2/h8,10,14,16,18-19,21-22,24-25,27-28,30,33,42-43H,6-7,9,11-13,15,17,20,23,26,29,31-32,34-41H2,1-5H3/p+1/b10-8+,16-14+,19-18+,22-21+,25-24+,28-27+,33-30+. The van der Waals surface area contributed by atoms with Crippen molar-refractivity contribution in [1.82, 2.24) is 0 Å². The van der Waals surface area contributed by atoms with Crippen LogP contribution in [0.25, 0.3) is 0 Å². The van der Waals surface area contributed by atoms with Crippen molar-refractivity contribution in [2.75, 3.05) is 41.0 Å². The Morgan fingerprint density at radius 2 is 1.07 bits per heavy atom. The molecule has 0 amide bonds. The second kappa shape index (κ2) is 36.5. The van der Waals surface area contributed by atoms with Gasteiger partial charge in [0.25, 0.3) is 0 Å². The number of quaternary nitrogens is 1. The fourth-order valence-corrected chi connectivity index (χ4v) is 5.34. The van der Waals surface area contributed by atoms with Crippen molar-refractivity contribution in [3.8, 4) is 0 Å². The third kappa shape index (κ3) is 34.3. The van der Waals surface area contributed by atoms with Crippen molar-refractivity contribution in [1.29, 1.82) is 0 Å². The molecule has 2 atom stereocenters. The minimum Gasteiger partial charge on any atom is -0.477 e. The van der Waals surface area contributed by atoms with Crippen LogP contribution < -0.4 is 0 Å². The summed E-state index contributed by atoms with van der Waals surface area (Å²) in [5, 5.41) is 9.58. The van der Waals surface area contributed by atoms with E-state index in [1.54, 1.807) is 0 Å². The molecular weight excluding hydrogens is 679 g/mol. The number of unbranched alkanes of at least 4 members (excludes halogenated alkanes) is 7. The highest BCUT2D eigenvalue weighted by atomic mass is 16.6. The average molecular weight is 755 g/mol. The number of hydrogen-bond donors (Lipinski definition) is 1. The van der Waals surface area contributed by atoms with Crippen LogP contribution in [-0.4, -0.2) is 80.6 Å². The summed E-state index contributed by atoms with van der Waals surface area (Å²) >= 11 is 0. The summed E-state index contributed by atoms with van der Waals surface area (Å²) in [7, 11) is 5.48. The number of aliphatic carboxylic acids is 1. The monoisotopic (exact) mass is 755 g/mol. The van der Waals surface area contributed by atoms with Crippen LogP contribution in [0, 0.1) is 0 Å². The molecule has 8 heteroatoms. The first-order valence-electron chi connectivity index (χ1n) is 20.6. The van der Waals surface area contributed by atoms with Crippen LogP contribution >= 0.6 is 0 Å². The van der Waals surface area contributed by atoms with Crippen molar-refractivity contribution >= 4 is 17.9 Å². The zero-order valence-corrected chi connectivity index (χ0v) is 34.6. The van der Waals surface area contributed by atoms with Crippen LogP contribution in [0.15, 0.2) is 85.1 Å². The van der Waals surface area contributed by atoms with Gasteiger partial charge in [-0.2, -0.15) is 0 Å². The Morgan fingerprint density at radius 1 is 0.574 bits per heavy atom. The van der Waals surface area contributed by atoms with E-state index < -0.39 is 18.1 Å². The molecule has 0 aliphatic carbocycles. The Kier molecular flexibility index (Phi) is 34.1. The zero-order valence-electron chi connectivity index (χ0n) is 34.6. The molecule has 306 valence electrons. The normalized spacial score (nSPS) is 13.9. The van der Waals surface area contributed by atoms with Crippen molar-refractivity contribution < 1.29 is 38.2 Å². The molecule has 0 aromatic rings. The Balaban J connectivity index is 4.37. The van der Waals surface area contributed by atoms with E-state index in [2.05, 4.69) is 92.8 Å². The van der Waals surface area contributed by atoms with Crippen LogP contribution in [0.4, 0.5) is 0 Å². The van der Waals surface area contributed by atoms with Gasteiger partial charge in [0.2, 0.25) is 0 Å². The quantitative estimate of drug-likeness (QED) is 0.0298. The zero-order chi connectivity index (χ0) is 40.0. The smallest absolute Gasteiger partial charge is 0.362 e. The topological polar surface area (TPSA) is 99.1 Å². The number of nitrogens with zero attached hydrogens (tertiary/aromatic N) is 1. The maximum absolute atomic E-state index is 12.6. The van der Waals surface area contributed by atoms with Crippen LogP contribution in [0.5, 0.6) is 0 Å². The first-order chi connectivity index (χ1) is 26.1. The molecule has 0 saturated carbocycles. The number of rotatable bonds is 35. The Morgan fingerprint density at radius 3 is 1.59 bits per heavy atom. The second-order valence-corrected chi connectivity index (χ2v) is 14.5. The predicted molar refractivity (Wildman–Crippen MR) is 224 cm³/mol. The number of allylic oxidation sites excluding steroid dienone is 14. The summed E-state index contributed by atoms with van der Waals surface area (Å²) in [5.74, 6) is -1.59. The summed E-state index contributed by atoms with van der Waals surface area (Å²) < 4.78 is 17.1. The van der Waals surface area contributed by atoms with Crippen molar-refractivity contribution in [2.24, 2.45) is 0 Å². The lowest BCUT2D eigenvalue weighted by Gasteiger charge is -2.31. The maximum Gasteiger partial charge on any atom is 0.362 e. The number of carbonyl (C=O) groups excluding carboxylic acids is 2. The van der Waals surface area contributed by atoms with Crippen molar-refractivity contribution in [2.45, 2.75) is 148 Å². The van der Waals surface area contributed by atoms with Crippen LogP contribution in [0.3, 0.4) is 0 Å². The van der Waals surface area contributed by atoms with E-state index >= 15 is 0 Å². The van der Waals surface area contributed by atoms with Gasteiger partial charge in [0.1, 0.15) is 6.61 Å². The molecule has 0 bridgehead atoms. The van der Waals surface area contributed by atoms with E-state index in [0.29, 0.717) is 19.3 Å². The molecule has 0 heterocycles. The molecule has 2 unspecified atom stereocenters. The molecule has 0 radical (unpaired) electrons. The number of hydrogen-bond acceptors (Lipinski definition) is 6. The van der Waals surface area contributed by atoms with E-state index in [9.17, 15) is 19.5 Å². The highest BCUT2D eigenvalue weighted by Gasteiger charge is 2.31. The Labute approximate surface area is 329 Å². The fraction of sp³-hybridized carbons (Fsp3) is 0.630. The van der Waals surface area contributed by atoms with Gasteiger partial charge >= 0.3 is 17.9 Å². The number of carboxylic acid groups (broad SMARTS) is 1. The first kappa shape index (κ1) is 50.5. The van der Waals surface area contributed by atoms with Gasteiger partial charge < -0.3 is 23.8 Å². The van der Waals surface area contributed by atoms with E-state index in [4.69, 9.17) is 14.2 Å². The van der Waals surface area contributed by atoms with Crippen molar-refractivity contribution in [3.63, 3.8) is 0 Å². The van der Waals surface area contributed by atoms with Crippen molar-refractivity contribution in [3.05, 3.63) is 85.1 Å². The second-order valence-electron chi connectivity index (χ2n) is 14.5. The number of ether oxygens (including phenoxy) is 3. The predicted octanol–water partition coefficient (Wildman–Crippen LogP) is 11.0.